The van der Waals surface area contributed by atoms with Crippen LogP contribution >= 0.6 is 11.6 Å². The predicted molar refractivity (Wildman–Crippen MR) is 66.7 cm³/mol. The first-order chi connectivity index (χ1) is 8.24. The highest BCUT2D eigenvalue weighted by Gasteiger charge is 2.24. The summed E-state index contributed by atoms with van der Waals surface area (Å²) in [5, 5.41) is 3.37. The van der Waals surface area contributed by atoms with Crippen LogP contribution in [0.3, 0.4) is 0 Å². The zero-order valence-corrected chi connectivity index (χ0v) is 9.49. The molecule has 0 saturated heterocycles. The van der Waals surface area contributed by atoms with Crippen molar-refractivity contribution in [3.05, 3.63) is 52.9 Å². The van der Waals surface area contributed by atoms with Crippen LogP contribution in [0.2, 0.25) is 5.02 Å². The third-order valence-corrected chi connectivity index (χ3v) is 2.83. The van der Waals surface area contributed by atoms with E-state index in [1.54, 1.807) is 36.6 Å². The van der Waals surface area contributed by atoms with Crippen molar-refractivity contribution in [3.8, 4) is 0 Å². The van der Waals surface area contributed by atoms with Gasteiger partial charge < -0.3 is 9.73 Å². The topological polar surface area (TPSA) is 42.2 Å². The molecule has 4 heteroatoms. The Hall–Kier alpha value is -2.00. The Balaban J connectivity index is 2.11. The van der Waals surface area contributed by atoms with E-state index in [1.807, 2.05) is 6.07 Å². The molecule has 1 aromatic carbocycles. The number of halogens is 1. The Morgan fingerprint density at radius 3 is 2.94 bits per heavy atom. The molecule has 3 nitrogen and oxygen atoms in total. The lowest BCUT2D eigenvalue weighted by molar-refractivity contribution is -0.110. The number of benzene rings is 1. The van der Waals surface area contributed by atoms with Crippen molar-refractivity contribution in [1.29, 1.82) is 0 Å². The number of carbonyl (C=O) groups excluding carboxylic acids is 1. The number of anilines is 1. The standard InChI is InChI=1S/C13H8ClNO2/c14-8-3-4-10-11(7-9-2-1-5-17-9)13(16)15-12(10)6-8/h1-7H,(H,15,16)/b11-7+. The highest BCUT2D eigenvalue weighted by atomic mass is 35.5. The van der Waals surface area contributed by atoms with Crippen molar-refractivity contribution in [2.45, 2.75) is 0 Å². The van der Waals surface area contributed by atoms with Gasteiger partial charge in [0.1, 0.15) is 5.76 Å². The Kier molecular flexibility index (Phi) is 2.27. The summed E-state index contributed by atoms with van der Waals surface area (Å²) in [7, 11) is 0. The number of hydrogen-bond acceptors (Lipinski definition) is 2. The van der Waals surface area contributed by atoms with E-state index in [2.05, 4.69) is 5.32 Å². The molecule has 0 spiro atoms. The maximum Gasteiger partial charge on any atom is 0.256 e. The van der Waals surface area contributed by atoms with E-state index >= 15 is 0 Å². The van der Waals surface area contributed by atoms with E-state index in [0.717, 1.165) is 11.3 Å². The van der Waals surface area contributed by atoms with Gasteiger partial charge in [-0.05, 0) is 30.3 Å². The highest BCUT2D eigenvalue weighted by Crippen LogP contribution is 2.34. The fraction of sp³-hybridized carbons (Fsp3) is 0. The van der Waals surface area contributed by atoms with Gasteiger partial charge in [0.25, 0.3) is 5.91 Å². The average molecular weight is 246 g/mol. The Bertz CT molecular complexity index is 614. The van der Waals surface area contributed by atoms with Gasteiger partial charge in [-0.15, -0.1) is 0 Å². The van der Waals surface area contributed by atoms with Crippen LogP contribution in [0.1, 0.15) is 11.3 Å². The van der Waals surface area contributed by atoms with Gasteiger partial charge in [0.2, 0.25) is 0 Å². The molecule has 1 aromatic heterocycles. The van der Waals surface area contributed by atoms with Crippen molar-refractivity contribution in [1.82, 2.24) is 0 Å². The molecule has 84 valence electrons. The molecule has 1 amide bonds. The van der Waals surface area contributed by atoms with Crippen LogP contribution in [-0.4, -0.2) is 5.91 Å². The van der Waals surface area contributed by atoms with Crippen molar-refractivity contribution >= 4 is 34.8 Å². The molecule has 0 radical (unpaired) electrons. The van der Waals surface area contributed by atoms with E-state index in [1.165, 1.54) is 0 Å². The Morgan fingerprint density at radius 1 is 1.29 bits per heavy atom. The molecule has 3 rings (SSSR count). The van der Waals surface area contributed by atoms with Gasteiger partial charge in [0.05, 0.1) is 17.5 Å². The smallest absolute Gasteiger partial charge is 0.256 e. The highest BCUT2D eigenvalue weighted by molar-refractivity contribution is 6.36. The minimum atomic E-state index is -0.140. The molecule has 2 heterocycles. The molecule has 1 aliphatic rings. The number of fused-ring (bicyclic) bond motifs is 1. The van der Waals surface area contributed by atoms with Crippen molar-refractivity contribution in [3.63, 3.8) is 0 Å². The molecule has 0 bridgehead atoms. The first kappa shape index (κ1) is 10.2. The summed E-state index contributed by atoms with van der Waals surface area (Å²) in [6.07, 6.45) is 3.29. The van der Waals surface area contributed by atoms with Gasteiger partial charge >= 0.3 is 0 Å². The Morgan fingerprint density at radius 2 is 2.18 bits per heavy atom. The van der Waals surface area contributed by atoms with Crippen LogP contribution in [-0.2, 0) is 4.79 Å². The molecule has 1 aliphatic heterocycles. The number of carbonyl (C=O) groups is 1. The van der Waals surface area contributed by atoms with Crippen LogP contribution in [0.15, 0.2) is 41.0 Å². The number of nitrogens with one attached hydrogen (secondary N) is 1. The molecule has 0 fully saturated rings. The lowest BCUT2D eigenvalue weighted by Crippen LogP contribution is -2.03. The SMILES string of the molecule is O=C1Nc2cc(Cl)ccc2/C1=C\c1ccco1. The normalized spacial score (nSPS) is 16.1. The Labute approximate surface area is 103 Å². The minimum Gasteiger partial charge on any atom is -0.465 e. The van der Waals surface area contributed by atoms with Crippen LogP contribution in [0.25, 0.3) is 11.6 Å². The molecular formula is C13H8ClNO2. The van der Waals surface area contributed by atoms with Crippen LogP contribution in [0.5, 0.6) is 0 Å². The summed E-state index contributed by atoms with van der Waals surface area (Å²) < 4.78 is 5.20. The van der Waals surface area contributed by atoms with E-state index in [9.17, 15) is 4.79 Å². The molecule has 1 N–H and O–H groups in total. The summed E-state index contributed by atoms with van der Waals surface area (Å²) in [5.74, 6) is 0.511. The maximum absolute atomic E-state index is 11.8. The van der Waals surface area contributed by atoms with E-state index in [0.29, 0.717) is 16.4 Å². The van der Waals surface area contributed by atoms with Crippen molar-refractivity contribution in [2.24, 2.45) is 0 Å². The fourth-order valence-corrected chi connectivity index (χ4v) is 2.00. The average Bonchev–Trinajstić information content (AvgIpc) is 2.88. The van der Waals surface area contributed by atoms with E-state index in [-0.39, 0.29) is 5.91 Å². The summed E-state index contributed by atoms with van der Waals surface area (Å²) in [6.45, 7) is 0. The molecule has 17 heavy (non-hydrogen) atoms. The first-order valence-corrected chi connectivity index (χ1v) is 5.48. The van der Waals surface area contributed by atoms with Gasteiger partial charge in [-0.1, -0.05) is 17.7 Å². The maximum atomic E-state index is 11.8. The number of hydrogen-bond donors (Lipinski definition) is 1. The minimum absolute atomic E-state index is 0.140. The number of rotatable bonds is 1. The van der Waals surface area contributed by atoms with Gasteiger partial charge in [0, 0.05) is 10.6 Å². The van der Waals surface area contributed by atoms with E-state index in [4.69, 9.17) is 16.0 Å². The van der Waals surface area contributed by atoms with Gasteiger partial charge in [-0.3, -0.25) is 4.79 Å². The fourth-order valence-electron chi connectivity index (χ4n) is 1.83. The van der Waals surface area contributed by atoms with Gasteiger partial charge in [-0.25, -0.2) is 0 Å². The quantitative estimate of drug-likeness (QED) is 0.782. The first-order valence-electron chi connectivity index (χ1n) is 5.10. The second kappa shape index (κ2) is 3.79. The molecule has 0 aliphatic carbocycles. The molecule has 0 atom stereocenters. The summed E-state index contributed by atoms with van der Waals surface area (Å²) in [4.78, 5) is 11.8. The second-order valence-electron chi connectivity index (χ2n) is 3.72. The zero-order chi connectivity index (χ0) is 11.8. The second-order valence-corrected chi connectivity index (χ2v) is 4.15. The van der Waals surface area contributed by atoms with Crippen LogP contribution < -0.4 is 5.32 Å². The van der Waals surface area contributed by atoms with Crippen LogP contribution in [0.4, 0.5) is 5.69 Å². The van der Waals surface area contributed by atoms with Crippen molar-refractivity contribution in [2.75, 3.05) is 5.32 Å². The summed E-state index contributed by atoms with van der Waals surface area (Å²) in [6, 6.07) is 8.90. The molecule has 2 aromatic rings. The number of amides is 1. The lowest BCUT2D eigenvalue weighted by Gasteiger charge is -1.97. The number of furan rings is 1. The third kappa shape index (κ3) is 1.74. The third-order valence-electron chi connectivity index (χ3n) is 2.59. The predicted octanol–water partition coefficient (Wildman–Crippen LogP) is 3.43. The lowest BCUT2D eigenvalue weighted by atomic mass is 10.1. The molecule has 0 saturated carbocycles. The van der Waals surface area contributed by atoms with Gasteiger partial charge in [-0.2, -0.15) is 0 Å². The molecular weight excluding hydrogens is 238 g/mol. The monoisotopic (exact) mass is 245 g/mol. The van der Waals surface area contributed by atoms with Crippen molar-refractivity contribution < 1.29 is 9.21 Å². The largest absolute Gasteiger partial charge is 0.465 e. The zero-order valence-electron chi connectivity index (χ0n) is 8.74. The molecule has 0 unspecified atom stereocenters. The summed E-state index contributed by atoms with van der Waals surface area (Å²) in [5.41, 5.74) is 2.17. The summed E-state index contributed by atoms with van der Waals surface area (Å²) >= 11 is 5.87. The van der Waals surface area contributed by atoms with Crippen LogP contribution in [0, 0.1) is 0 Å². The van der Waals surface area contributed by atoms with Gasteiger partial charge in [0.15, 0.2) is 0 Å². The van der Waals surface area contributed by atoms with E-state index < -0.39 is 0 Å².